The highest BCUT2D eigenvalue weighted by Gasteiger charge is 2.18. The molecule has 0 radical (unpaired) electrons. The van der Waals surface area contributed by atoms with Gasteiger partial charge in [-0.25, -0.2) is 13.2 Å². The van der Waals surface area contributed by atoms with E-state index in [1.165, 1.54) is 18.2 Å². The van der Waals surface area contributed by atoms with Gasteiger partial charge in [0.15, 0.2) is 5.78 Å². The van der Waals surface area contributed by atoms with Crippen molar-refractivity contribution in [1.29, 1.82) is 0 Å². The van der Waals surface area contributed by atoms with Crippen LogP contribution in [-0.4, -0.2) is 24.3 Å². The maximum atomic E-state index is 13.5. The molecule has 0 heterocycles. The van der Waals surface area contributed by atoms with Crippen LogP contribution in [-0.2, 0) is 6.54 Å². The number of nitrogens with zero attached hydrogens (tertiary/aromatic N) is 1. The molecule has 2 rings (SSSR count). The van der Waals surface area contributed by atoms with E-state index in [1.807, 2.05) is 0 Å². The zero-order valence-electron chi connectivity index (χ0n) is 11.4. The summed E-state index contributed by atoms with van der Waals surface area (Å²) in [5.74, 6) is -2.77. The summed E-state index contributed by atoms with van der Waals surface area (Å²) in [6.07, 6.45) is 0. The van der Waals surface area contributed by atoms with E-state index >= 15 is 0 Å². The Bertz CT molecular complexity index is 637. The third kappa shape index (κ3) is 3.92. The predicted octanol–water partition coefficient (Wildman–Crippen LogP) is 3.42. The van der Waals surface area contributed by atoms with E-state index in [1.54, 1.807) is 24.1 Å². The van der Waals surface area contributed by atoms with Crippen LogP contribution >= 0.6 is 0 Å². The minimum absolute atomic E-state index is 0.158. The molecule has 0 aliphatic carbocycles. The Morgan fingerprint density at radius 3 is 2.29 bits per heavy atom. The summed E-state index contributed by atoms with van der Waals surface area (Å²) in [6.45, 7) is 0.147. The fraction of sp³-hybridized carbons (Fsp3) is 0.188. The van der Waals surface area contributed by atoms with Crippen molar-refractivity contribution in [2.75, 3.05) is 13.6 Å². The van der Waals surface area contributed by atoms with Crippen molar-refractivity contribution in [2.24, 2.45) is 0 Å². The largest absolute Gasteiger partial charge is 0.295 e. The van der Waals surface area contributed by atoms with Crippen molar-refractivity contribution in [2.45, 2.75) is 6.54 Å². The van der Waals surface area contributed by atoms with Gasteiger partial charge in [0, 0.05) is 6.54 Å². The van der Waals surface area contributed by atoms with Gasteiger partial charge in [0.25, 0.3) is 0 Å². The molecule has 5 heteroatoms. The minimum atomic E-state index is -0.876. The molecule has 0 aliphatic rings. The fourth-order valence-corrected chi connectivity index (χ4v) is 2.09. The third-order valence-corrected chi connectivity index (χ3v) is 3.00. The summed E-state index contributed by atoms with van der Waals surface area (Å²) in [6, 6.07) is 9.25. The second kappa shape index (κ2) is 6.54. The Kier molecular flexibility index (Phi) is 4.75. The number of carbonyl (C=O) groups excluding carboxylic acids is 1. The molecule has 21 heavy (non-hydrogen) atoms. The van der Waals surface area contributed by atoms with Crippen molar-refractivity contribution >= 4 is 5.78 Å². The zero-order valence-corrected chi connectivity index (χ0v) is 11.4. The van der Waals surface area contributed by atoms with Crippen molar-refractivity contribution < 1.29 is 18.0 Å². The Hall–Kier alpha value is -2.14. The molecule has 0 aliphatic heterocycles. The van der Waals surface area contributed by atoms with E-state index in [4.69, 9.17) is 0 Å². The topological polar surface area (TPSA) is 20.3 Å². The highest BCUT2D eigenvalue weighted by atomic mass is 19.1. The van der Waals surface area contributed by atoms with Crippen LogP contribution in [0.3, 0.4) is 0 Å². The standard InChI is InChI=1S/C16H14F3NO/c1-20(9-11-4-2-5-12(17)8-11)10-15(21)16-13(18)6-3-7-14(16)19/h2-8H,9-10H2,1H3. The molecule has 0 atom stereocenters. The van der Waals surface area contributed by atoms with Crippen LogP contribution in [0.1, 0.15) is 15.9 Å². The van der Waals surface area contributed by atoms with Crippen molar-refractivity contribution in [3.05, 3.63) is 71.0 Å². The van der Waals surface area contributed by atoms with E-state index in [9.17, 15) is 18.0 Å². The second-order valence-electron chi connectivity index (χ2n) is 4.82. The van der Waals surface area contributed by atoms with Gasteiger partial charge in [0.1, 0.15) is 17.5 Å². The highest BCUT2D eigenvalue weighted by molar-refractivity contribution is 5.98. The molecule has 0 saturated carbocycles. The zero-order chi connectivity index (χ0) is 15.4. The number of Topliss-reactive ketones (excluding diaryl/α,β-unsaturated/α-hetero) is 1. The van der Waals surface area contributed by atoms with E-state index in [0.717, 1.165) is 12.1 Å². The van der Waals surface area contributed by atoms with Crippen LogP contribution in [0, 0.1) is 17.5 Å². The van der Waals surface area contributed by atoms with Crippen LogP contribution in [0.25, 0.3) is 0 Å². The lowest BCUT2D eigenvalue weighted by atomic mass is 10.1. The second-order valence-corrected chi connectivity index (χ2v) is 4.82. The Balaban J connectivity index is 2.06. The van der Waals surface area contributed by atoms with Crippen LogP contribution in [0.2, 0.25) is 0 Å². The summed E-state index contributed by atoms with van der Waals surface area (Å²) in [4.78, 5) is 13.5. The first-order valence-corrected chi connectivity index (χ1v) is 6.37. The molecule has 0 bridgehead atoms. The molecule has 0 fully saturated rings. The molecule has 0 aromatic heterocycles. The molecule has 0 unspecified atom stereocenters. The molecule has 2 aromatic rings. The van der Waals surface area contributed by atoms with Crippen LogP contribution < -0.4 is 0 Å². The van der Waals surface area contributed by atoms with Crippen LogP contribution in [0.5, 0.6) is 0 Å². The smallest absolute Gasteiger partial charge is 0.182 e. The van der Waals surface area contributed by atoms with Gasteiger partial charge in [-0.2, -0.15) is 0 Å². The molecule has 0 amide bonds. The van der Waals surface area contributed by atoms with Gasteiger partial charge in [0.05, 0.1) is 12.1 Å². The number of carbonyl (C=O) groups is 1. The molecular formula is C16H14F3NO. The van der Waals surface area contributed by atoms with Gasteiger partial charge >= 0.3 is 0 Å². The van der Waals surface area contributed by atoms with Crippen LogP contribution in [0.4, 0.5) is 13.2 Å². The number of rotatable bonds is 5. The van der Waals surface area contributed by atoms with E-state index in [2.05, 4.69) is 0 Å². The number of hydrogen-bond donors (Lipinski definition) is 0. The SMILES string of the molecule is CN(CC(=O)c1c(F)cccc1F)Cc1cccc(F)c1. The minimum Gasteiger partial charge on any atom is -0.295 e. The van der Waals surface area contributed by atoms with Gasteiger partial charge in [0.2, 0.25) is 0 Å². The number of ketones is 1. The van der Waals surface area contributed by atoms with Gasteiger partial charge < -0.3 is 0 Å². The summed E-state index contributed by atoms with van der Waals surface area (Å²) in [7, 11) is 1.63. The van der Waals surface area contributed by atoms with Crippen molar-refractivity contribution in [1.82, 2.24) is 4.90 Å². The summed E-state index contributed by atoms with van der Waals surface area (Å²) in [5.41, 5.74) is 0.142. The van der Waals surface area contributed by atoms with Crippen molar-refractivity contribution in [3.8, 4) is 0 Å². The molecule has 0 spiro atoms. The van der Waals surface area contributed by atoms with E-state index in [-0.39, 0.29) is 12.4 Å². The Morgan fingerprint density at radius 1 is 1.05 bits per heavy atom. The summed E-state index contributed by atoms with van der Waals surface area (Å²) >= 11 is 0. The van der Waals surface area contributed by atoms with Gasteiger partial charge in [-0.05, 0) is 36.9 Å². The molecule has 110 valence electrons. The van der Waals surface area contributed by atoms with E-state index in [0.29, 0.717) is 12.1 Å². The Morgan fingerprint density at radius 2 is 1.67 bits per heavy atom. The highest BCUT2D eigenvalue weighted by Crippen LogP contribution is 2.14. The average Bonchev–Trinajstić information content (AvgIpc) is 2.38. The fourth-order valence-electron chi connectivity index (χ4n) is 2.09. The Labute approximate surface area is 120 Å². The lowest BCUT2D eigenvalue weighted by Crippen LogP contribution is -2.26. The maximum absolute atomic E-state index is 13.5. The summed E-state index contributed by atoms with van der Waals surface area (Å²) in [5, 5.41) is 0. The van der Waals surface area contributed by atoms with E-state index < -0.39 is 23.0 Å². The lowest BCUT2D eigenvalue weighted by molar-refractivity contribution is 0.0934. The average molecular weight is 293 g/mol. The first-order chi connectivity index (χ1) is 9.97. The normalized spacial score (nSPS) is 10.9. The van der Waals surface area contributed by atoms with Gasteiger partial charge in [-0.1, -0.05) is 18.2 Å². The quantitative estimate of drug-likeness (QED) is 0.787. The molecule has 0 saturated heterocycles. The van der Waals surface area contributed by atoms with Gasteiger partial charge in [-0.15, -0.1) is 0 Å². The number of benzene rings is 2. The molecule has 2 nitrogen and oxygen atoms in total. The predicted molar refractivity (Wildman–Crippen MR) is 73.4 cm³/mol. The van der Waals surface area contributed by atoms with Crippen molar-refractivity contribution in [3.63, 3.8) is 0 Å². The number of likely N-dealkylation sites (N-methyl/N-ethyl adjacent to an activating group) is 1. The molecule has 0 N–H and O–H groups in total. The first kappa shape index (κ1) is 15.3. The summed E-state index contributed by atoms with van der Waals surface area (Å²) < 4.78 is 40.1. The lowest BCUT2D eigenvalue weighted by Gasteiger charge is -2.16. The molecular weight excluding hydrogens is 279 g/mol. The third-order valence-electron chi connectivity index (χ3n) is 3.00. The molecule has 2 aromatic carbocycles. The number of halogens is 3. The van der Waals surface area contributed by atoms with Gasteiger partial charge in [-0.3, -0.25) is 9.69 Å². The first-order valence-electron chi connectivity index (χ1n) is 6.37. The number of hydrogen-bond acceptors (Lipinski definition) is 2. The maximum Gasteiger partial charge on any atom is 0.182 e. The monoisotopic (exact) mass is 293 g/mol. The van der Waals surface area contributed by atoms with Crippen LogP contribution in [0.15, 0.2) is 42.5 Å².